The van der Waals surface area contributed by atoms with Crippen LogP contribution in [-0.2, 0) is 14.3 Å². The second-order valence-corrected chi connectivity index (χ2v) is 10.3. The van der Waals surface area contributed by atoms with Crippen molar-refractivity contribution in [2.45, 2.75) is 71.1 Å². The van der Waals surface area contributed by atoms with E-state index in [1.165, 1.54) is 0 Å². The highest BCUT2D eigenvalue weighted by Crippen LogP contribution is 2.22. The summed E-state index contributed by atoms with van der Waals surface area (Å²) >= 11 is 0. The highest BCUT2D eigenvalue weighted by Gasteiger charge is 2.34. The molecule has 3 amide bonds. The molecular weight excluding hydrogens is 420 g/mol. The van der Waals surface area contributed by atoms with E-state index in [2.05, 4.69) is 10.6 Å². The summed E-state index contributed by atoms with van der Waals surface area (Å²) in [5, 5.41) is 6.26. The number of carbonyl (C=O) groups is 3. The van der Waals surface area contributed by atoms with Gasteiger partial charge in [0.25, 0.3) is 0 Å². The summed E-state index contributed by atoms with van der Waals surface area (Å²) in [4.78, 5) is 41.7. The van der Waals surface area contributed by atoms with Gasteiger partial charge in [0.15, 0.2) is 0 Å². The summed E-state index contributed by atoms with van der Waals surface area (Å²) in [6.07, 6.45) is 1.98. The average Bonchev–Trinajstić information content (AvgIpc) is 3.31. The van der Waals surface area contributed by atoms with Crippen molar-refractivity contribution < 1.29 is 19.1 Å². The molecule has 8 heteroatoms. The molecule has 2 N–H and O–H groups in total. The lowest BCUT2D eigenvalue weighted by Gasteiger charge is -2.30. The van der Waals surface area contributed by atoms with Crippen molar-refractivity contribution in [3.05, 3.63) is 30.3 Å². The Morgan fingerprint density at radius 2 is 1.94 bits per heavy atom. The predicted octanol–water partition coefficient (Wildman–Crippen LogP) is 3.24. The van der Waals surface area contributed by atoms with Gasteiger partial charge in [-0.2, -0.15) is 0 Å². The molecule has 3 atom stereocenters. The van der Waals surface area contributed by atoms with Gasteiger partial charge >= 0.3 is 6.09 Å². The molecule has 2 fully saturated rings. The quantitative estimate of drug-likeness (QED) is 0.624. The van der Waals surface area contributed by atoms with Crippen LogP contribution in [0.4, 0.5) is 10.5 Å². The maximum Gasteiger partial charge on any atom is 0.407 e. The van der Waals surface area contributed by atoms with Crippen molar-refractivity contribution in [3.8, 4) is 0 Å². The first-order chi connectivity index (χ1) is 15.6. The van der Waals surface area contributed by atoms with Crippen molar-refractivity contribution >= 4 is 23.6 Å². The summed E-state index contributed by atoms with van der Waals surface area (Å²) < 4.78 is 5.41. The van der Waals surface area contributed by atoms with Gasteiger partial charge in [-0.1, -0.05) is 25.1 Å². The number of anilines is 1. The maximum absolute atomic E-state index is 13.3. The van der Waals surface area contributed by atoms with Crippen LogP contribution in [0.25, 0.3) is 0 Å². The molecule has 2 saturated heterocycles. The van der Waals surface area contributed by atoms with Crippen LogP contribution in [0, 0.1) is 5.92 Å². The molecular formula is C25H38N4O4. The molecule has 0 saturated carbocycles. The fourth-order valence-corrected chi connectivity index (χ4v) is 4.54. The third-order valence-corrected chi connectivity index (χ3v) is 6.00. The molecule has 0 bridgehead atoms. The predicted molar refractivity (Wildman–Crippen MR) is 128 cm³/mol. The Bertz CT molecular complexity index is 823. The number of likely N-dealkylation sites (tertiary alicyclic amines) is 2. The van der Waals surface area contributed by atoms with Gasteiger partial charge in [0, 0.05) is 50.7 Å². The molecule has 182 valence electrons. The number of benzene rings is 1. The second-order valence-electron chi connectivity index (χ2n) is 10.3. The number of hydrogen-bond acceptors (Lipinski definition) is 5. The van der Waals surface area contributed by atoms with Gasteiger partial charge in [0.2, 0.25) is 11.8 Å². The SMILES string of the molecule is C[C@@H]1CC(=O)N(C[C@H](CC(=O)N2CCC[C@H]2CNc2ccccc2)NC(=O)OC(C)(C)C)C1. The standard InChI is InChI=1S/C25H38N4O4/c1-18-13-22(30)28(16-18)17-20(27-24(32)33-25(2,3)4)14-23(31)29-12-8-11-21(29)15-26-19-9-6-5-7-10-19/h5-7,9-10,18,20-21,26H,8,11-17H2,1-4H3,(H,27,32)/t18-,20+,21+/m1/s1. The van der Waals surface area contributed by atoms with Gasteiger partial charge in [-0.3, -0.25) is 9.59 Å². The van der Waals surface area contributed by atoms with E-state index in [0.717, 1.165) is 18.5 Å². The second kappa shape index (κ2) is 10.9. The minimum Gasteiger partial charge on any atom is -0.444 e. The number of rotatable bonds is 8. The van der Waals surface area contributed by atoms with E-state index in [0.29, 0.717) is 32.6 Å². The third kappa shape index (κ3) is 7.65. The zero-order valence-corrected chi connectivity index (χ0v) is 20.3. The van der Waals surface area contributed by atoms with Gasteiger partial charge in [0.1, 0.15) is 5.60 Å². The smallest absolute Gasteiger partial charge is 0.407 e. The minimum atomic E-state index is -0.639. The fourth-order valence-electron chi connectivity index (χ4n) is 4.54. The van der Waals surface area contributed by atoms with Crippen LogP contribution in [0.15, 0.2) is 30.3 Å². The zero-order valence-electron chi connectivity index (χ0n) is 20.3. The first-order valence-electron chi connectivity index (χ1n) is 12.0. The molecule has 0 unspecified atom stereocenters. The summed E-state index contributed by atoms with van der Waals surface area (Å²) in [7, 11) is 0. The van der Waals surface area contributed by atoms with Gasteiger partial charge in [-0.15, -0.1) is 0 Å². The lowest BCUT2D eigenvalue weighted by Crippen LogP contribution is -2.49. The van der Waals surface area contributed by atoms with Crippen molar-refractivity contribution in [1.82, 2.24) is 15.1 Å². The van der Waals surface area contributed by atoms with Crippen LogP contribution >= 0.6 is 0 Å². The summed E-state index contributed by atoms with van der Waals surface area (Å²) in [6, 6.07) is 9.56. The van der Waals surface area contributed by atoms with Crippen molar-refractivity contribution in [2.75, 3.05) is 31.5 Å². The highest BCUT2D eigenvalue weighted by molar-refractivity contribution is 5.80. The number of hydrogen-bond donors (Lipinski definition) is 2. The Hall–Kier alpha value is -2.77. The Morgan fingerprint density at radius 3 is 2.58 bits per heavy atom. The number of ether oxygens (including phenoxy) is 1. The average molecular weight is 459 g/mol. The Morgan fingerprint density at radius 1 is 1.21 bits per heavy atom. The van der Waals surface area contributed by atoms with Crippen LogP contribution in [0.5, 0.6) is 0 Å². The molecule has 2 heterocycles. The lowest BCUT2D eigenvalue weighted by molar-refractivity contribution is -0.133. The molecule has 0 spiro atoms. The topological polar surface area (TPSA) is 91.0 Å². The Labute approximate surface area is 197 Å². The zero-order chi connectivity index (χ0) is 24.0. The summed E-state index contributed by atoms with van der Waals surface area (Å²) in [6.45, 7) is 9.78. The largest absolute Gasteiger partial charge is 0.444 e. The molecule has 33 heavy (non-hydrogen) atoms. The summed E-state index contributed by atoms with van der Waals surface area (Å²) in [5.41, 5.74) is 0.391. The Balaban J connectivity index is 1.62. The molecule has 0 aromatic heterocycles. The van der Waals surface area contributed by atoms with E-state index in [4.69, 9.17) is 4.74 Å². The molecule has 1 aromatic carbocycles. The molecule has 3 rings (SSSR count). The van der Waals surface area contributed by atoms with Gasteiger partial charge in [-0.25, -0.2) is 4.79 Å². The first-order valence-corrected chi connectivity index (χ1v) is 12.0. The van der Waals surface area contributed by atoms with Gasteiger partial charge in [-0.05, 0) is 51.7 Å². The first kappa shape index (κ1) is 24.9. The molecule has 2 aliphatic heterocycles. The van der Waals surface area contributed by atoms with Crippen LogP contribution < -0.4 is 10.6 Å². The van der Waals surface area contributed by atoms with E-state index in [-0.39, 0.29) is 30.2 Å². The van der Waals surface area contributed by atoms with Crippen molar-refractivity contribution in [3.63, 3.8) is 0 Å². The van der Waals surface area contributed by atoms with Crippen LogP contribution in [-0.4, -0.2) is 71.6 Å². The molecule has 8 nitrogen and oxygen atoms in total. The van der Waals surface area contributed by atoms with Crippen LogP contribution in [0.2, 0.25) is 0 Å². The number of carbonyl (C=O) groups excluding carboxylic acids is 3. The monoisotopic (exact) mass is 458 g/mol. The number of alkyl carbamates (subject to hydrolysis) is 1. The normalized spacial score (nSPS) is 21.8. The molecule has 1 aromatic rings. The number of amides is 3. The fraction of sp³-hybridized carbons (Fsp3) is 0.640. The maximum atomic E-state index is 13.3. The number of para-hydroxylation sites is 1. The van der Waals surface area contributed by atoms with E-state index < -0.39 is 17.7 Å². The summed E-state index contributed by atoms with van der Waals surface area (Å²) in [5.74, 6) is 0.340. The van der Waals surface area contributed by atoms with Crippen molar-refractivity contribution in [1.29, 1.82) is 0 Å². The minimum absolute atomic E-state index is 0.00638. The molecule has 0 aliphatic carbocycles. The lowest BCUT2D eigenvalue weighted by atomic mass is 10.1. The van der Waals surface area contributed by atoms with E-state index >= 15 is 0 Å². The molecule has 0 radical (unpaired) electrons. The van der Waals surface area contributed by atoms with Gasteiger partial charge < -0.3 is 25.2 Å². The van der Waals surface area contributed by atoms with Crippen LogP contribution in [0.1, 0.15) is 53.4 Å². The van der Waals surface area contributed by atoms with Crippen LogP contribution in [0.3, 0.4) is 0 Å². The van der Waals surface area contributed by atoms with Gasteiger partial charge in [0.05, 0.1) is 6.04 Å². The van der Waals surface area contributed by atoms with E-state index in [9.17, 15) is 14.4 Å². The van der Waals surface area contributed by atoms with Crippen molar-refractivity contribution in [2.24, 2.45) is 5.92 Å². The third-order valence-electron chi connectivity index (χ3n) is 6.00. The Kier molecular flexibility index (Phi) is 8.21. The number of nitrogens with zero attached hydrogens (tertiary/aromatic N) is 2. The van der Waals surface area contributed by atoms with E-state index in [1.54, 1.807) is 25.7 Å². The van der Waals surface area contributed by atoms with E-state index in [1.807, 2.05) is 42.2 Å². The molecule has 2 aliphatic rings. The number of nitrogens with one attached hydrogen (secondary N) is 2. The highest BCUT2D eigenvalue weighted by atomic mass is 16.6.